The fraction of sp³-hybridized carbons (Fsp3) is 0.538. The molecule has 1 rings (SSSR count). The predicted octanol–water partition coefficient (Wildman–Crippen LogP) is 2.24. The van der Waals surface area contributed by atoms with Gasteiger partial charge in [-0.25, -0.2) is 9.78 Å². The van der Waals surface area contributed by atoms with Crippen LogP contribution in [0.3, 0.4) is 0 Å². The molecule has 1 atom stereocenters. The minimum atomic E-state index is -0.500. The second kappa shape index (κ2) is 6.86. The minimum absolute atomic E-state index is 0.200. The molecular weight excluding hydrogens is 310 g/mol. The first-order valence-electron chi connectivity index (χ1n) is 6.10. The summed E-state index contributed by atoms with van der Waals surface area (Å²) in [5, 5.41) is 2.65. The number of aromatic nitrogens is 1. The predicted molar refractivity (Wildman–Crippen MR) is 77.9 cm³/mol. The Labute approximate surface area is 122 Å². The van der Waals surface area contributed by atoms with Gasteiger partial charge in [-0.2, -0.15) is 0 Å². The zero-order chi connectivity index (χ0) is 14.5. The third kappa shape index (κ3) is 7.12. The summed E-state index contributed by atoms with van der Waals surface area (Å²) in [6, 6.07) is 5.46. The molecule has 19 heavy (non-hydrogen) atoms. The second-order valence-electron chi connectivity index (χ2n) is 5.30. The van der Waals surface area contributed by atoms with Gasteiger partial charge in [-0.05, 0) is 48.8 Å². The van der Waals surface area contributed by atoms with Crippen LogP contribution in [0, 0.1) is 0 Å². The number of ether oxygens (including phenoxy) is 1. The van der Waals surface area contributed by atoms with Gasteiger partial charge in [0.1, 0.15) is 10.2 Å². The van der Waals surface area contributed by atoms with Gasteiger partial charge in [0.15, 0.2) is 0 Å². The number of rotatable bonds is 4. The van der Waals surface area contributed by atoms with E-state index in [0.29, 0.717) is 13.0 Å². The zero-order valence-electron chi connectivity index (χ0n) is 11.4. The van der Waals surface area contributed by atoms with Crippen LogP contribution in [-0.4, -0.2) is 29.3 Å². The molecule has 0 fully saturated rings. The topological polar surface area (TPSA) is 77.2 Å². The maximum Gasteiger partial charge on any atom is 0.407 e. The van der Waals surface area contributed by atoms with Crippen LogP contribution < -0.4 is 11.1 Å². The Bertz CT molecular complexity index is 432. The van der Waals surface area contributed by atoms with E-state index < -0.39 is 11.7 Å². The smallest absolute Gasteiger partial charge is 0.407 e. The highest BCUT2D eigenvalue weighted by Crippen LogP contribution is 2.08. The maximum atomic E-state index is 11.5. The lowest BCUT2D eigenvalue weighted by Gasteiger charge is -2.20. The number of nitrogens with two attached hydrogens (primary N) is 1. The van der Waals surface area contributed by atoms with Crippen molar-refractivity contribution in [3.8, 4) is 0 Å². The highest BCUT2D eigenvalue weighted by Gasteiger charge is 2.16. The normalized spacial score (nSPS) is 12.9. The van der Waals surface area contributed by atoms with Crippen LogP contribution in [0.2, 0.25) is 0 Å². The molecule has 1 unspecified atom stereocenters. The standard InChI is InChI=1S/C13H20BrN3O2/c1-13(2,3)19-12(18)16-8-9(15)7-10-5-4-6-11(14)17-10/h4-6,9H,7-8,15H2,1-3H3,(H,16,18). The zero-order valence-corrected chi connectivity index (χ0v) is 13.0. The third-order valence-corrected chi connectivity index (χ3v) is 2.59. The molecule has 0 spiro atoms. The Kier molecular flexibility index (Phi) is 5.75. The molecule has 1 aromatic heterocycles. The molecule has 1 aromatic rings. The SMILES string of the molecule is CC(C)(C)OC(=O)NCC(N)Cc1cccc(Br)n1. The van der Waals surface area contributed by atoms with Crippen molar-refractivity contribution in [1.29, 1.82) is 0 Å². The number of nitrogens with one attached hydrogen (secondary N) is 1. The molecule has 0 aliphatic rings. The van der Waals surface area contributed by atoms with Crippen LogP contribution in [-0.2, 0) is 11.2 Å². The van der Waals surface area contributed by atoms with Crippen molar-refractivity contribution in [2.24, 2.45) is 5.73 Å². The molecule has 5 nitrogen and oxygen atoms in total. The lowest BCUT2D eigenvalue weighted by Crippen LogP contribution is -2.41. The maximum absolute atomic E-state index is 11.5. The first-order chi connectivity index (χ1) is 8.76. The number of pyridine rings is 1. The fourth-order valence-corrected chi connectivity index (χ4v) is 1.81. The molecular formula is C13H20BrN3O2. The summed E-state index contributed by atoms with van der Waals surface area (Å²) in [7, 11) is 0. The molecule has 0 saturated heterocycles. The van der Waals surface area contributed by atoms with Crippen molar-refractivity contribution in [1.82, 2.24) is 10.3 Å². The minimum Gasteiger partial charge on any atom is -0.444 e. The Balaban J connectivity index is 2.36. The van der Waals surface area contributed by atoms with Crippen LogP contribution in [0.15, 0.2) is 22.8 Å². The van der Waals surface area contributed by atoms with E-state index in [1.165, 1.54) is 0 Å². The Hall–Kier alpha value is -1.14. The average molecular weight is 330 g/mol. The van der Waals surface area contributed by atoms with Crippen LogP contribution in [0.1, 0.15) is 26.5 Å². The monoisotopic (exact) mass is 329 g/mol. The number of carbonyl (C=O) groups excluding carboxylic acids is 1. The van der Waals surface area contributed by atoms with Crippen LogP contribution in [0.25, 0.3) is 0 Å². The van der Waals surface area contributed by atoms with E-state index >= 15 is 0 Å². The second-order valence-corrected chi connectivity index (χ2v) is 6.11. The molecule has 106 valence electrons. The summed E-state index contributed by atoms with van der Waals surface area (Å²) >= 11 is 3.31. The van der Waals surface area contributed by atoms with Crippen LogP contribution in [0.5, 0.6) is 0 Å². The summed E-state index contributed by atoms with van der Waals surface area (Å²) in [6.45, 7) is 5.80. The highest BCUT2D eigenvalue weighted by molar-refractivity contribution is 9.10. The van der Waals surface area contributed by atoms with Crippen molar-refractivity contribution in [3.05, 3.63) is 28.5 Å². The number of carbonyl (C=O) groups is 1. The Morgan fingerprint density at radius 1 is 1.53 bits per heavy atom. The first-order valence-corrected chi connectivity index (χ1v) is 6.89. The van der Waals surface area contributed by atoms with Gasteiger partial charge in [0.25, 0.3) is 0 Å². The van der Waals surface area contributed by atoms with E-state index in [1.54, 1.807) is 0 Å². The third-order valence-electron chi connectivity index (χ3n) is 2.15. The summed E-state index contributed by atoms with van der Waals surface area (Å²) in [5.74, 6) is 0. The molecule has 0 saturated carbocycles. The summed E-state index contributed by atoms with van der Waals surface area (Å²) in [5.41, 5.74) is 6.32. The molecule has 3 N–H and O–H groups in total. The lowest BCUT2D eigenvalue weighted by molar-refractivity contribution is 0.0524. The van der Waals surface area contributed by atoms with Crippen molar-refractivity contribution in [2.75, 3.05) is 6.54 Å². The molecule has 0 bridgehead atoms. The molecule has 1 heterocycles. The summed E-state index contributed by atoms with van der Waals surface area (Å²) < 4.78 is 5.90. The number of amides is 1. The van der Waals surface area contributed by atoms with Crippen LogP contribution in [0.4, 0.5) is 4.79 Å². The Morgan fingerprint density at radius 3 is 2.79 bits per heavy atom. The molecule has 1 amide bonds. The van der Waals surface area contributed by atoms with Gasteiger partial charge in [-0.3, -0.25) is 0 Å². The van der Waals surface area contributed by atoms with Crippen LogP contribution >= 0.6 is 15.9 Å². The summed E-state index contributed by atoms with van der Waals surface area (Å²) in [4.78, 5) is 15.8. The van der Waals surface area contributed by atoms with Gasteiger partial charge in [0.05, 0.1) is 0 Å². The number of hydrogen-bond donors (Lipinski definition) is 2. The highest BCUT2D eigenvalue weighted by atomic mass is 79.9. The lowest BCUT2D eigenvalue weighted by atomic mass is 10.1. The van der Waals surface area contributed by atoms with E-state index in [0.717, 1.165) is 10.3 Å². The number of hydrogen-bond acceptors (Lipinski definition) is 4. The van der Waals surface area contributed by atoms with Crippen molar-refractivity contribution >= 4 is 22.0 Å². The van der Waals surface area contributed by atoms with E-state index in [1.807, 2.05) is 39.0 Å². The summed E-state index contributed by atoms with van der Waals surface area (Å²) in [6.07, 6.45) is 0.139. The van der Waals surface area contributed by atoms with Gasteiger partial charge in [-0.1, -0.05) is 6.07 Å². The van der Waals surface area contributed by atoms with Crippen molar-refractivity contribution < 1.29 is 9.53 Å². The van der Waals surface area contributed by atoms with Crippen molar-refractivity contribution in [3.63, 3.8) is 0 Å². The molecule has 0 aliphatic carbocycles. The first kappa shape index (κ1) is 15.9. The van der Waals surface area contributed by atoms with Gasteiger partial charge < -0.3 is 15.8 Å². The van der Waals surface area contributed by atoms with Gasteiger partial charge in [-0.15, -0.1) is 0 Å². The molecule has 6 heteroatoms. The van der Waals surface area contributed by atoms with Gasteiger partial charge in [0.2, 0.25) is 0 Å². The van der Waals surface area contributed by atoms with E-state index in [2.05, 4.69) is 26.2 Å². The van der Waals surface area contributed by atoms with E-state index in [-0.39, 0.29) is 6.04 Å². The van der Waals surface area contributed by atoms with Gasteiger partial charge in [0, 0.05) is 24.7 Å². The number of halogens is 1. The Morgan fingerprint density at radius 2 is 2.21 bits per heavy atom. The molecule has 0 radical (unpaired) electrons. The average Bonchev–Trinajstić information content (AvgIpc) is 2.24. The quantitative estimate of drug-likeness (QED) is 0.830. The molecule has 0 aromatic carbocycles. The van der Waals surface area contributed by atoms with Gasteiger partial charge >= 0.3 is 6.09 Å². The number of nitrogens with zero attached hydrogens (tertiary/aromatic N) is 1. The largest absolute Gasteiger partial charge is 0.444 e. The van der Waals surface area contributed by atoms with E-state index in [4.69, 9.17) is 10.5 Å². The number of alkyl carbamates (subject to hydrolysis) is 1. The van der Waals surface area contributed by atoms with Crippen molar-refractivity contribution in [2.45, 2.75) is 38.8 Å². The molecule has 0 aliphatic heterocycles. The van der Waals surface area contributed by atoms with E-state index in [9.17, 15) is 4.79 Å². The fourth-order valence-electron chi connectivity index (χ4n) is 1.43.